The van der Waals surface area contributed by atoms with Crippen LogP contribution in [0.2, 0.25) is 0 Å². The summed E-state index contributed by atoms with van der Waals surface area (Å²) in [5.74, 6) is 0.413. The monoisotopic (exact) mass is 294 g/mol. The third kappa shape index (κ3) is 3.85. The highest BCUT2D eigenvalue weighted by molar-refractivity contribution is 6.08. The number of rotatable bonds is 6. The molecule has 0 unspecified atom stereocenters. The Bertz CT molecular complexity index is 714. The number of benzene rings is 2. The van der Waals surface area contributed by atoms with Crippen molar-refractivity contribution in [2.75, 3.05) is 6.61 Å². The van der Waals surface area contributed by atoms with Gasteiger partial charge in [-0.1, -0.05) is 42.5 Å². The van der Waals surface area contributed by atoms with Gasteiger partial charge in [0.15, 0.2) is 5.78 Å². The van der Waals surface area contributed by atoms with E-state index in [-0.39, 0.29) is 11.5 Å². The Balaban J connectivity index is 2.23. The molecule has 2 aromatic rings. The Morgan fingerprint density at radius 2 is 2.05 bits per heavy atom. The van der Waals surface area contributed by atoms with E-state index in [0.29, 0.717) is 17.9 Å². The van der Waals surface area contributed by atoms with Crippen molar-refractivity contribution in [2.45, 2.75) is 6.92 Å². The summed E-state index contributed by atoms with van der Waals surface area (Å²) in [6, 6.07) is 12.4. The predicted molar refractivity (Wildman–Crippen MR) is 88.3 cm³/mol. The Hall–Kier alpha value is -2.81. The molecule has 0 atom stereocenters. The number of hydrogen-bond donors (Lipinski definition) is 1. The van der Waals surface area contributed by atoms with E-state index in [1.165, 1.54) is 12.1 Å². The van der Waals surface area contributed by atoms with Crippen molar-refractivity contribution in [3.63, 3.8) is 0 Å². The molecule has 0 spiro atoms. The molecule has 0 saturated carbocycles. The molecular weight excluding hydrogens is 276 g/mol. The smallest absolute Gasteiger partial charge is 0.189 e. The molecule has 0 aliphatic heterocycles. The van der Waals surface area contributed by atoms with Crippen LogP contribution >= 0.6 is 0 Å². The quantitative estimate of drug-likeness (QED) is 0.494. The van der Waals surface area contributed by atoms with E-state index in [9.17, 15) is 9.90 Å². The van der Waals surface area contributed by atoms with Crippen LogP contribution < -0.4 is 4.74 Å². The number of aromatic hydroxyl groups is 1. The van der Waals surface area contributed by atoms with Gasteiger partial charge in [-0.25, -0.2) is 0 Å². The Kier molecular flexibility index (Phi) is 5.15. The molecule has 0 aromatic heterocycles. The zero-order chi connectivity index (χ0) is 15.9. The summed E-state index contributed by atoms with van der Waals surface area (Å²) < 4.78 is 5.54. The van der Waals surface area contributed by atoms with Crippen LogP contribution in [-0.2, 0) is 0 Å². The van der Waals surface area contributed by atoms with E-state index in [0.717, 1.165) is 11.1 Å². The second kappa shape index (κ2) is 7.27. The third-order valence-electron chi connectivity index (χ3n) is 3.11. The molecule has 0 amide bonds. The first-order valence-electron chi connectivity index (χ1n) is 6.96. The molecule has 0 saturated heterocycles. The van der Waals surface area contributed by atoms with Gasteiger partial charge in [0.2, 0.25) is 0 Å². The van der Waals surface area contributed by atoms with Crippen LogP contribution in [-0.4, -0.2) is 17.5 Å². The van der Waals surface area contributed by atoms with Gasteiger partial charge in [0.05, 0.1) is 5.56 Å². The summed E-state index contributed by atoms with van der Waals surface area (Å²) in [5, 5.41) is 9.78. The Morgan fingerprint density at radius 1 is 1.27 bits per heavy atom. The van der Waals surface area contributed by atoms with Gasteiger partial charge in [0.1, 0.15) is 18.1 Å². The lowest BCUT2D eigenvalue weighted by Gasteiger charge is -2.06. The molecule has 0 aliphatic carbocycles. The Labute approximate surface area is 130 Å². The highest BCUT2D eigenvalue weighted by Crippen LogP contribution is 2.22. The van der Waals surface area contributed by atoms with Crippen LogP contribution in [0, 0.1) is 6.92 Å². The van der Waals surface area contributed by atoms with Crippen molar-refractivity contribution in [1.82, 2.24) is 0 Å². The fourth-order valence-electron chi connectivity index (χ4n) is 2.00. The molecule has 0 radical (unpaired) electrons. The largest absolute Gasteiger partial charge is 0.507 e. The van der Waals surface area contributed by atoms with Crippen molar-refractivity contribution < 1.29 is 14.6 Å². The van der Waals surface area contributed by atoms with E-state index < -0.39 is 0 Å². The molecule has 2 aromatic carbocycles. The second-order valence-electron chi connectivity index (χ2n) is 4.86. The maximum atomic E-state index is 12.2. The number of para-hydroxylation sites is 1. The molecular formula is C19H18O3. The van der Waals surface area contributed by atoms with Gasteiger partial charge in [0.25, 0.3) is 0 Å². The van der Waals surface area contributed by atoms with Crippen molar-refractivity contribution >= 4 is 11.9 Å². The average molecular weight is 294 g/mol. The van der Waals surface area contributed by atoms with Crippen LogP contribution in [0.3, 0.4) is 0 Å². The van der Waals surface area contributed by atoms with E-state index in [1.54, 1.807) is 24.3 Å². The maximum absolute atomic E-state index is 12.2. The number of phenolic OH excluding ortho intramolecular Hbond substituents is 1. The van der Waals surface area contributed by atoms with E-state index in [1.807, 2.05) is 31.2 Å². The van der Waals surface area contributed by atoms with Gasteiger partial charge in [0, 0.05) is 5.56 Å². The molecule has 3 heteroatoms. The lowest BCUT2D eigenvalue weighted by Crippen LogP contribution is -1.97. The number of ketones is 1. The summed E-state index contributed by atoms with van der Waals surface area (Å²) in [5.41, 5.74) is 2.01. The minimum atomic E-state index is -0.250. The molecule has 0 bridgehead atoms. The average Bonchev–Trinajstić information content (AvgIpc) is 2.53. The molecule has 0 fully saturated rings. The summed E-state index contributed by atoms with van der Waals surface area (Å²) in [7, 11) is 0. The van der Waals surface area contributed by atoms with Crippen LogP contribution in [0.1, 0.15) is 21.5 Å². The lowest BCUT2D eigenvalue weighted by atomic mass is 10.1. The second-order valence-corrected chi connectivity index (χ2v) is 4.86. The van der Waals surface area contributed by atoms with Gasteiger partial charge in [-0.2, -0.15) is 0 Å². The zero-order valence-electron chi connectivity index (χ0n) is 12.5. The number of aryl methyl sites for hydroxylation is 1. The maximum Gasteiger partial charge on any atom is 0.189 e. The normalized spacial score (nSPS) is 10.6. The highest BCUT2D eigenvalue weighted by atomic mass is 16.5. The van der Waals surface area contributed by atoms with Crippen LogP contribution in [0.4, 0.5) is 0 Å². The Morgan fingerprint density at radius 3 is 2.82 bits per heavy atom. The van der Waals surface area contributed by atoms with E-state index >= 15 is 0 Å². The van der Waals surface area contributed by atoms with Gasteiger partial charge in [-0.05, 0) is 37.3 Å². The van der Waals surface area contributed by atoms with E-state index in [4.69, 9.17) is 4.74 Å². The van der Waals surface area contributed by atoms with Gasteiger partial charge >= 0.3 is 0 Å². The van der Waals surface area contributed by atoms with Gasteiger partial charge < -0.3 is 9.84 Å². The molecule has 2 rings (SSSR count). The van der Waals surface area contributed by atoms with Gasteiger partial charge in [-0.15, -0.1) is 0 Å². The molecule has 0 aliphatic rings. The molecule has 3 nitrogen and oxygen atoms in total. The first-order chi connectivity index (χ1) is 10.6. The van der Waals surface area contributed by atoms with Crippen molar-refractivity contribution in [3.05, 3.63) is 77.9 Å². The summed E-state index contributed by atoms with van der Waals surface area (Å²) in [6.07, 6.45) is 4.78. The molecule has 22 heavy (non-hydrogen) atoms. The van der Waals surface area contributed by atoms with Crippen molar-refractivity contribution in [2.24, 2.45) is 0 Å². The first kappa shape index (κ1) is 15.6. The minimum absolute atomic E-state index is 0.0172. The minimum Gasteiger partial charge on any atom is -0.507 e. The van der Waals surface area contributed by atoms with Crippen LogP contribution in [0.25, 0.3) is 6.08 Å². The molecule has 0 heterocycles. The fourth-order valence-corrected chi connectivity index (χ4v) is 2.00. The molecule has 1 N–H and O–H groups in total. The first-order valence-corrected chi connectivity index (χ1v) is 6.96. The summed E-state index contributed by atoms with van der Waals surface area (Å²) in [6.45, 7) is 5.89. The van der Waals surface area contributed by atoms with Crippen molar-refractivity contribution in [3.8, 4) is 11.5 Å². The summed E-state index contributed by atoms with van der Waals surface area (Å²) >= 11 is 0. The number of carbonyl (C=O) groups excluding carboxylic acids is 1. The van der Waals surface area contributed by atoms with Crippen LogP contribution in [0.5, 0.6) is 11.5 Å². The summed E-state index contributed by atoms with van der Waals surface area (Å²) in [4.78, 5) is 12.2. The standard InChI is InChI=1S/C19H18O3/c1-3-12-22-19-7-5-4-6-15(19)9-11-18(21)16-13-14(2)8-10-17(16)20/h3-11,13,20H,1,12H2,2H3/b11-9+. The predicted octanol–water partition coefficient (Wildman–Crippen LogP) is 4.16. The molecule has 112 valence electrons. The number of carbonyl (C=O) groups is 1. The fraction of sp³-hybridized carbons (Fsp3) is 0.105. The SMILES string of the molecule is C=CCOc1ccccc1/C=C/C(=O)c1cc(C)ccc1O. The lowest BCUT2D eigenvalue weighted by molar-refractivity contribution is 0.104. The topological polar surface area (TPSA) is 46.5 Å². The highest BCUT2D eigenvalue weighted by Gasteiger charge is 2.08. The van der Waals surface area contributed by atoms with Gasteiger partial charge in [-0.3, -0.25) is 4.79 Å². The van der Waals surface area contributed by atoms with E-state index in [2.05, 4.69) is 6.58 Å². The zero-order valence-corrected chi connectivity index (χ0v) is 12.5. The third-order valence-corrected chi connectivity index (χ3v) is 3.11. The van der Waals surface area contributed by atoms with Crippen LogP contribution in [0.15, 0.2) is 61.2 Å². The number of phenols is 1. The number of hydrogen-bond acceptors (Lipinski definition) is 3. The van der Waals surface area contributed by atoms with Crippen molar-refractivity contribution in [1.29, 1.82) is 0 Å². The number of ether oxygens (including phenoxy) is 1. The number of allylic oxidation sites excluding steroid dienone is 1.